The summed E-state index contributed by atoms with van der Waals surface area (Å²) in [6.07, 6.45) is 0.376. The van der Waals surface area contributed by atoms with Crippen LogP contribution in [0.3, 0.4) is 0 Å². The largest absolute Gasteiger partial charge is 0.355 e. The summed E-state index contributed by atoms with van der Waals surface area (Å²) in [6, 6.07) is 15.9. The Morgan fingerprint density at radius 2 is 1.80 bits per heavy atom. The summed E-state index contributed by atoms with van der Waals surface area (Å²) in [6.45, 7) is 0.348. The number of halogens is 1. The molecule has 0 aliphatic rings. The topological polar surface area (TPSA) is 75.3 Å². The Balaban J connectivity index is 1.66. The van der Waals surface area contributed by atoms with Gasteiger partial charge in [0, 0.05) is 35.2 Å². The van der Waals surface area contributed by atoms with E-state index in [0.29, 0.717) is 17.2 Å². The Hall–Kier alpha value is -1.54. The van der Waals surface area contributed by atoms with Crippen molar-refractivity contribution >= 4 is 39.3 Å². The number of sulfonamides is 1. The molecule has 0 fully saturated rings. The lowest BCUT2D eigenvalue weighted by Crippen LogP contribution is -2.34. The molecule has 134 valence electrons. The maximum absolute atomic E-state index is 12.1. The zero-order valence-corrected chi connectivity index (χ0v) is 15.8. The van der Waals surface area contributed by atoms with Crippen LogP contribution in [0.5, 0.6) is 0 Å². The molecule has 2 aromatic rings. The van der Waals surface area contributed by atoms with E-state index in [0.717, 1.165) is 4.90 Å². The fourth-order valence-corrected chi connectivity index (χ4v) is 4.18. The molecule has 0 saturated heterocycles. The summed E-state index contributed by atoms with van der Waals surface area (Å²) in [5.74, 6) is 0.565. The first-order valence-electron chi connectivity index (χ1n) is 7.67. The summed E-state index contributed by atoms with van der Waals surface area (Å²) < 4.78 is 26.6. The van der Waals surface area contributed by atoms with Crippen molar-refractivity contribution in [3.63, 3.8) is 0 Å². The molecule has 0 spiro atoms. The molecule has 0 saturated carbocycles. The Bertz CT molecular complexity index is 799. The lowest BCUT2D eigenvalue weighted by molar-refractivity contribution is -0.120. The van der Waals surface area contributed by atoms with E-state index in [1.807, 2.05) is 30.3 Å². The van der Waals surface area contributed by atoms with Crippen LogP contribution in [-0.4, -0.2) is 33.2 Å². The number of hydrogen-bond acceptors (Lipinski definition) is 4. The predicted octanol–water partition coefficient (Wildman–Crippen LogP) is 2.92. The second kappa shape index (κ2) is 9.82. The van der Waals surface area contributed by atoms with Crippen molar-refractivity contribution in [2.24, 2.45) is 0 Å². The highest BCUT2D eigenvalue weighted by atomic mass is 35.5. The van der Waals surface area contributed by atoms with Gasteiger partial charge >= 0.3 is 0 Å². The lowest BCUT2D eigenvalue weighted by atomic mass is 10.4. The fraction of sp³-hybridized carbons (Fsp3) is 0.235. The van der Waals surface area contributed by atoms with Gasteiger partial charge in [-0.1, -0.05) is 35.9 Å². The Kier molecular flexibility index (Phi) is 7.77. The highest BCUT2D eigenvalue weighted by Gasteiger charge is 2.13. The third-order valence-corrected chi connectivity index (χ3v) is 5.89. The zero-order valence-electron chi connectivity index (χ0n) is 13.4. The van der Waals surface area contributed by atoms with Crippen LogP contribution in [0, 0.1) is 0 Å². The van der Waals surface area contributed by atoms with Crippen LogP contribution in [0.2, 0.25) is 5.02 Å². The van der Waals surface area contributed by atoms with Gasteiger partial charge in [-0.2, -0.15) is 0 Å². The van der Waals surface area contributed by atoms with Crippen molar-refractivity contribution in [1.82, 2.24) is 10.0 Å². The van der Waals surface area contributed by atoms with E-state index < -0.39 is 10.0 Å². The van der Waals surface area contributed by atoms with Crippen LogP contribution in [0.15, 0.2) is 64.4 Å². The van der Waals surface area contributed by atoms with Gasteiger partial charge in [-0.05, 0) is 30.3 Å². The monoisotopic (exact) mass is 398 g/mol. The SMILES string of the molecule is O=C(CCSc1ccccc1)NCCNS(=O)(=O)c1cccc(Cl)c1. The van der Waals surface area contributed by atoms with Crippen molar-refractivity contribution in [3.05, 3.63) is 59.6 Å². The number of benzene rings is 2. The summed E-state index contributed by atoms with van der Waals surface area (Å²) in [5, 5.41) is 3.05. The van der Waals surface area contributed by atoms with Crippen molar-refractivity contribution in [1.29, 1.82) is 0 Å². The van der Waals surface area contributed by atoms with Crippen molar-refractivity contribution in [2.45, 2.75) is 16.2 Å². The van der Waals surface area contributed by atoms with Crippen LogP contribution in [0.25, 0.3) is 0 Å². The average molecular weight is 399 g/mol. The van der Waals surface area contributed by atoms with Gasteiger partial charge in [-0.15, -0.1) is 11.8 Å². The van der Waals surface area contributed by atoms with E-state index >= 15 is 0 Å². The van der Waals surface area contributed by atoms with Gasteiger partial charge in [0.25, 0.3) is 0 Å². The second-order valence-corrected chi connectivity index (χ2v) is 8.49. The smallest absolute Gasteiger partial charge is 0.240 e. The van der Waals surface area contributed by atoms with E-state index in [2.05, 4.69) is 10.0 Å². The Morgan fingerprint density at radius 3 is 2.52 bits per heavy atom. The molecule has 0 radical (unpaired) electrons. The molecule has 2 N–H and O–H groups in total. The standard InChI is InChI=1S/C17H19ClN2O3S2/c18-14-5-4-8-16(13-14)25(22,23)20-11-10-19-17(21)9-12-24-15-6-2-1-3-7-15/h1-8,13,20H,9-12H2,(H,19,21). The molecular weight excluding hydrogens is 380 g/mol. The molecule has 5 nitrogen and oxygen atoms in total. The van der Waals surface area contributed by atoms with Crippen LogP contribution >= 0.6 is 23.4 Å². The molecule has 0 atom stereocenters. The van der Waals surface area contributed by atoms with E-state index in [-0.39, 0.29) is 23.9 Å². The molecule has 25 heavy (non-hydrogen) atoms. The van der Waals surface area contributed by atoms with Crippen LogP contribution in [0.1, 0.15) is 6.42 Å². The number of nitrogens with one attached hydrogen (secondary N) is 2. The normalized spacial score (nSPS) is 11.2. The highest BCUT2D eigenvalue weighted by molar-refractivity contribution is 7.99. The molecule has 0 aromatic heterocycles. The van der Waals surface area contributed by atoms with Crippen molar-refractivity contribution in [3.8, 4) is 0 Å². The van der Waals surface area contributed by atoms with Crippen molar-refractivity contribution in [2.75, 3.05) is 18.8 Å². The minimum Gasteiger partial charge on any atom is -0.355 e. The van der Waals surface area contributed by atoms with Gasteiger partial charge in [-0.3, -0.25) is 4.79 Å². The van der Waals surface area contributed by atoms with E-state index in [1.165, 1.54) is 12.1 Å². The molecular formula is C17H19ClN2O3S2. The summed E-state index contributed by atoms with van der Waals surface area (Å²) in [4.78, 5) is 13.0. The van der Waals surface area contributed by atoms with Gasteiger partial charge < -0.3 is 5.32 Å². The van der Waals surface area contributed by atoms with Gasteiger partial charge in [0.1, 0.15) is 0 Å². The average Bonchev–Trinajstić information content (AvgIpc) is 2.60. The minimum atomic E-state index is -3.62. The molecule has 0 unspecified atom stereocenters. The number of rotatable bonds is 9. The summed E-state index contributed by atoms with van der Waals surface area (Å²) in [7, 11) is -3.62. The predicted molar refractivity (Wildman–Crippen MR) is 101 cm³/mol. The first-order chi connectivity index (χ1) is 12.0. The number of carbonyl (C=O) groups excluding carboxylic acids is 1. The number of carbonyl (C=O) groups is 1. The molecule has 8 heteroatoms. The quantitative estimate of drug-likeness (QED) is 0.503. The summed E-state index contributed by atoms with van der Waals surface area (Å²) in [5.41, 5.74) is 0. The molecule has 0 aliphatic carbocycles. The molecule has 2 rings (SSSR count). The molecule has 1 amide bonds. The number of hydrogen-bond donors (Lipinski definition) is 2. The van der Waals surface area contributed by atoms with Gasteiger partial charge in [0.15, 0.2) is 0 Å². The van der Waals surface area contributed by atoms with Crippen molar-refractivity contribution < 1.29 is 13.2 Å². The van der Waals surface area contributed by atoms with E-state index in [1.54, 1.807) is 23.9 Å². The maximum Gasteiger partial charge on any atom is 0.240 e. The number of amides is 1. The first-order valence-corrected chi connectivity index (χ1v) is 10.5. The van der Waals surface area contributed by atoms with Gasteiger partial charge in [-0.25, -0.2) is 13.1 Å². The third-order valence-electron chi connectivity index (χ3n) is 3.19. The van der Waals surface area contributed by atoms with Gasteiger partial charge in [0.2, 0.25) is 15.9 Å². The van der Waals surface area contributed by atoms with Gasteiger partial charge in [0.05, 0.1) is 4.90 Å². The Labute approximate surface area is 157 Å². The zero-order chi connectivity index (χ0) is 18.1. The first kappa shape index (κ1) is 19.8. The fourth-order valence-electron chi connectivity index (χ4n) is 1.97. The van der Waals surface area contributed by atoms with Crippen LogP contribution in [-0.2, 0) is 14.8 Å². The maximum atomic E-state index is 12.1. The van der Waals surface area contributed by atoms with Crippen LogP contribution < -0.4 is 10.0 Å². The highest BCUT2D eigenvalue weighted by Crippen LogP contribution is 2.17. The minimum absolute atomic E-state index is 0.102. The molecule has 0 aliphatic heterocycles. The van der Waals surface area contributed by atoms with Crippen LogP contribution in [0.4, 0.5) is 0 Å². The van der Waals surface area contributed by atoms with E-state index in [4.69, 9.17) is 11.6 Å². The molecule has 2 aromatic carbocycles. The van der Waals surface area contributed by atoms with E-state index in [9.17, 15) is 13.2 Å². The Morgan fingerprint density at radius 1 is 1.04 bits per heavy atom. The summed E-state index contributed by atoms with van der Waals surface area (Å²) >= 11 is 7.40. The number of thioether (sulfide) groups is 1. The third kappa shape index (κ3) is 7.07. The molecule has 0 bridgehead atoms. The molecule has 0 heterocycles. The second-order valence-electron chi connectivity index (χ2n) is 5.12. The lowest BCUT2D eigenvalue weighted by Gasteiger charge is -2.08.